The van der Waals surface area contributed by atoms with Crippen molar-refractivity contribution in [3.05, 3.63) is 0 Å². The van der Waals surface area contributed by atoms with E-state index in [-0.39, 0.29) is 0 Å². The van der Waals surface area contributed by atoms with E-state index in [0.29, 0.717) is 0 Å². The van der Waals surface area contributed by atoms with Gasteiger partial charge in [-0.25, -0.2) is 0 Å². The molecule has 0 fully saturated rings. The fourth-order valence-corrected chi connectivity index (χ4v) is 2.03. The Labute approximate surface area is 77.5 Å². The standard InChI is InChI=1S/C6H19BO3Si2/c1-11(2,3)9-7(8)10-12(4,5)6/h8H,1-6H3. The molecule has 0 aliphatic rings. The average molecular weight is 206 g/mol. The zero-order valence-corrected chi connectivity index (χ0v) is 10.8. The highest BCUT2D eigenvalue weighted by Crippen LogP contribution is 2.09. The fourth-order valence-electron chi connectivity index (χ4n) is 0.629. The third-order valence-electron chi connectivity index (χ3n) is 0.909. The van der Waals surface area contributed by atoms with Crippen molar-refractivity contribution in [1.82, 2.24) is 0 Å². The molecule has 0 aromatic carbocycles. The highest BCUT2D eigenvalue weighted by molar-refractivity contribution is 6.79. The summed E-state index contributed by atoms with van der Waals surface area (Å²) in [7, 11) is -4.37. The van der Waals surface area contributed by atoms with Crippen LogP contribution in [-0.4, -0.2) is 29.0 Å². The van der Waals surface area contributed by atoms with Crippen molar-refractivity contribution >= 4 is 24.0 Å². The first kappa shape index (κ1) is 12.4. The minimum atomic E-state index is -1.67. The van der Waals surface area contributed by atoms with E-state index in [4.69, 9.17) is 8.69 Å². The van der Waals surface area contributed by atoms with Crippen LogP contribution in [0.5, 0.6) is 0 Å². The van der Waals surface area contributed by atoms with E-state index in [9.17, 15) is 5.02 Å². The summed E-state index contributed by atoms with van der Waals surface area (Å²) >= 11 is 0. The van der Waals surface area contributed by atoms with Crippen LogP contribution in [0.1, 0.15) is 0 Å². The van der Waals surface area contributed by atoms with Crippen molar-refractivity contribution in [3.8, 4) is 0 Å². The first-order valence-electron chi connectivity index (χ1n) is 4.14. The Balaban J connectivity index is 3.83. The molecule has 0 saturated carbocycles. The molecule has 0 unspecified atom stereocenters. The van der Waals surface area contributed by atoms with Gasteiger partial charge in [-0.3, -0.25) is 0 Å². The predicted octanol–water partition coefficient (Wildman–Crippen LogP) is 1.67. The van der Waals surface area contributed by atoms with Gasteiger partial charge < -0.3 is 13.7 Å². The highest BCUT2D eigenvalue weighted by Gasteiger charge is 2.30. The van der Waals surface area contributed by atoms with Gasteiger partial charge in [0, 0.05) is 0 Å². The Kier molecular flexibility index (Phi) is 4.19. The molecule has 0 saturated heterocycles. The van der Waals surface area contributed by atoms with Gasteiger partial charge in [-0.15, -0.1) is 0 Å². The monoisotopic (exact) mass is 206 g/mol. The van der Waals surface area contributed by atoms with Gasteiger partial charge in [0.1, 0.15) is 0 Å². The number of hydrogen-bond acceptors (Lipinski definition) is 3. The second kappa shape index (κ2) is 4.06. The Bertz CT molecular complexity index is 125. The van der Waals surface area contributed by atoms with E-state index in [0.717, 1.165) is 0 Å². The molecule has 72 valence electrons. The molecule has 0 aromatic rings. The first-order chi connectivity index (χ1) is 5.10. The van der Waals surface area contributed by atoms with Crippen LogP contribution in [0.15, 0.2) is 0 Å². The van der Waals surface area contributed by atoms with Crippen LogP contribution in [-0.2, 0) is 8.69 Å². The molecule has 0 bridgehead atoms. The van der Waals surface area contributed by atoms with E-state index >= 15 is 0 Å². The smallest absolute Gasteiger partial charge is 0.429 e. The number of hydrogen-bond donors (Lipinski definition) is 1. The maximum Gasteiger partial charge on any atom is 0.614 e. The Morgan fingerprint density at radius 1 is 0.833 bits per heavy atom. The lowest BCUT2D eigenvalue weighted by Gasteiger charge is -2.24. The van der Waals surface area contributed by atoms with E-state index < -0.39 is 24.0 Å². The summed E-state index contributed by atoms with van der Waals surface area (Å²) in [6.07, 6.45) is 0. The molecule has 0 atom stereocenters. The maximum atomic E-state index is 9.35. The van der Waals surface area contributed by atoms with E-state index in [1.165, 1.54) is 0 Å². The summed E-state index contributed by atoms with van der Waals surface area (Å²) in [5, 5.41) is 9.35. The van der Waals surface area contributed by atoms with Gasteiger partial charge in [0.15, 0.2) is 16.6 Å². The maximum absolute atomic E-state index is 9.35. The molecule has 0 heterocycles. The van der Waals surface area contributed by atoms with Crippen LogP contribution >= 0.6 is 0 Å². The molecule has 1 N–H and O–H groups in total. The van der Waals surface area contributed by atoms with Crippen LogP contribution in [0.3, 0.4) is 0 Å². The second-order valence-corrected chi connectivity index (χ2v) is 13.7. The zero-order chi connectivity index (χ0) is 9.99. The van der Waals surface area contributed by atoms with Crippen molar-refractivity contribution in [2.75, 3.05) is 0 Å². The molecule has 12 heavy (non-hydrogen) atoms. The van der Waals surface area contributed by atoms with Crippen molar-refractivity contribution in [2.24, 2.45) is 0 Å². The van der Waals surface area contributed by atoms with Crippen LogP contribution < -0.4 is 0 Å². The van der Waals surface area contributed by atoms with Crippen LogP contribution in [0.2, 0.25) is 39.3 Å². The van der Waals surface area contributed by atoms with E-state index in [1.807, 2.05) is 39.3 Å². The van der Waals surface area contributed by atoms with Crippen LogP contribution in [0.25, 0.3) is 0 Å². The van der Waals surface area contributed by atoms with Gasteiger partial charge in [0.05, 0.1) is 0 Å². The normalized spacial score (nSPS) is 13.2. The summed E-state index contributed by atoms with van der Waals surface area (Å²) in [4.78, 5) is 0. The summed E-state index contributed by atoms with van der Waals surface area (Å²) in [6.45, 7) is 12.1. The van der Waals surface area contributed by atoms with Crippen LogP contribution in [0.4, 0.5) is 0 Å². The predicted molar refractivity (Wildman–Crippen MR) is 56.8 cm³/mol. The zero-order valence-electron chi connectivity index (χ0n) is 8.84. The summed E-state index contributed by atoms with van der Waals surface area (Å²) in [5.41, 5.74) is 0. The average Bonchev–Trinajstić information content (AvgIpc) is 1.49. The minimum Gasteiger partial charge on any atom is -0.429 e. The van der Waals surface area contributed by atoms with Gasteiger partial charge in [-0.05, 0) is 39.3 Å². The Morgan fingerprint density at radius 3 is 1.25 bits per heavy atom. The Morgan fingerprint density at radius 2 is 1.08 bits per heavy atom. The van der Waals surface area contributed by atoms with Gasteiger partial charge in [-0.1, -0.05) is 0 Å². The van der Waals surface area contributed by atoms with Crippen LogP contribution in [0, 0.1) is 0 Å². The molecule has 0 aliphatic carbocycles. The van der Waals surface area contributed by atoms with Crippen molar-refractivity contribution < 1.29 is 13.7 Å². The lowest BCUT2D eigenvalue weighted by atomic mass is 10.3. The SMILES string of the molecule is C[Si](C)(C)OB(O)O[Si](C)(C)C. The summed E-state index contributed by atoms with van der Waals surface area (Å²) in [6, 6.07) is 0. The third kappa shape index (κ3) is 8.48. The topological polar surface area (TPSA) is 38.7 Å². The number of rotatable bonds is 4. The lowest BCUT2D eigenvalue weighted by Crippen LogP contribution is -2.43. The third-order valence-corrected chi connectivity index (χ3v) is 2.73. The van der Waals surface area contributed by atoms with Gasteiger partial charge in [0.2, 0.25) is 0 Å². The molecule has 0 aromatic heterocycles. The fraction of sp³-hybridized carbons (Fsp3) is 1.00. The molecule has 0 spiro atoms. The summed E-state index contributed by atoms with van der Waals surface area (Å²) < 4.78 is 10.6. The van der Waals surface area contributed by atoms with Gasteiger partial charge >= 0.3 is 7.32 Å². The first-order valence-corrected chi connectivity index (χ1v) is 11.0. The molecular formula is C6H19BO3Si2. The van der Waals surface area contributed by atoms with Crippen molar-refractivity contribution in [3.63, 3.8) is 0 Å². The van der Waals surface area contributed by atoms with E-state index in [2.05, 4.69) is 0 Å². The van der Waals surface area contributed by atoms with Crippen molar-refractivity contribution in [1.29, 1.82) is 0 Å². The Hall–Kier alpha value is 0.379. The molecule has 0 radical (unpaired) electrons. The van der Waals surface area contributed by atoms with Gasteiger partial charge in [-0.2, -0.15) is 0 Å². The molecule has 6 heteroatoms. The molecular weight excluding hydrogens is 187 g/mol. The molecule has 0 aliphatic heterocycles. The van der Waals surface area contributed by atoms with Gasteiger partial charge in [0.25, 0.3) is 0 Å². The minimum absolute atomic E-state index is 1.02. The molecule has 0 rings (SSSR count). The van der Waals surface area contributed by atoms with E-state index in [1.54, 1.807) is 0 Å². The molecule has 3 nitrogen and oxygen atoms in total. The quantitative estimate of drug-likeness (QED) is 0.711. The lowest BCUT2D eigenvalue weighted by molar-refractivity contribution is 0.293. The van der Waals surface area contributed by atoms with Crippen molar-refractivity contribution in [2.45, 2.75) is 39.3 Å². The largest absolute Gasteiger partial charge is 0.614 e. The highest BCUT2D eigenvalue weighted by atomic mass is 28.4. The molecule has 0 amide bonds. The summed E-state index contributed by atoms with van der Waals surface area (Å²) in [5.74, 6) is 0. The second-order valence-electron chi connectivity index (χ2n) is 4.77.